The Morgan fingerprint density at radius 3 is 2.20 bits per heavy atom. The van der Waals surface area contributed by atoms with E-state index in [4.69, 9.17) is 52.4 Å². The quantitative estimate of drug-likeness (QED) is 0.0504. The fourth-order valence-electron chi connectivity index (χ4n) is 6.73. The molecule has 71 heavy (non-hydrogen) atoms. The van der Waals surface area contributed by atoms with Gasteiger partial charge >= 0.3 is 29.9 Å². The summed E-state index contributed by atoms with van der Waals surface area (Å²) in [5, 5.41) is 18.9. The van der Waals surface area contributed by atoms with Gasteiger partial charge in [-0.15, -0.1) is 0 Å². The number of aromatic nitrogens is 4. The maximum Gasteiger partial charge on any atom is 0.344 e. The fraction of sp³-hybridized carbons (Fsp3) is 0.304. The number of carboxylic acid groups (broad SMARTS) is 2. The minimum absolute atomic E-state index is 0.000883. The number of fused-ring (bicyclic) bond motifs is 1. The predicted molar refractivity (Wildman–Crippen MR) is 254 cm³/mol. The monoisotopic (exact) mass is 1040 g/mol. The van der Waals surface area contributed by atoms with E-state index in [1.807, 2.05) is 6.92 Å². The first-order chi connectivity index (χ1) is 33.8. The van der Waals surface area contributed by atoms with E-state index in [9.17, 15) is 41.6 Å². The van der Waals surface area contributed by atoms with E-state index < -0.39 is 75.3 Å². The number of rotatable bonds is 16. The summed E-state index contributed by atoms with van der Waals surface area (Å²) in [6.45, 7) is 3.08. The number of nitrogens with one attached hydrogen (secondary N) is 1. The van der Waals surface area contributed by atoms with Gasteiger partial charge in [0.05, 0.1) is 35.0 Å². The number of methoxy groups -OCH3 is 1. The summed E-state index contributed by atoms with van der Waals surface area (Å²) < 4.78 is 61.5. The molecule has 3 N–H and O–H groups in total. The lowest BCUT2D eigenvalue weighted by molar-refractivity contribution is -0.146. The van der Waals surface area contributed by atoms with Gasteiger partial charge in [0.15, 0.2) is 13.2 Å². The van der Waals surface area contributed by atoms with Crippen LogP contribution in [0.4, 0.5) is 20.8 Å². The SMILES string of the molecule is CCCCCOC(=O)COc1cc(N2C(=O)C3=C(CCCC3)C2=O)c(F)cc1Cl.COc1nc(C)nc(N(C)C(=O)NS(=O)(=O)c2ccccc2C(=O)O)n1.O=C(O)COc1ccc(Cl)c2cccnc12. The number of anilines is 2. The highest BCUT2D eigenvalue weighted by atomic mass is 35.5. The standard InChI is InChI=1S/C21H23ClFNO5.C14H15N5O6S.C11H8ClNO3/c1-2-3-6-9-28-19(25)12-29-18-11-17(16(23)10-15(18)22)24-20(26)13-7-4-5-8-14(13)21(24)27;1-8-15-12(17-13(16-8)25-3)19(2)14(22)18-26(23,24)10-7-5-4-6-9(10)11(20)21;12-8-3-4-9(16-6-10(14)15)11-7(8)2-1-5-13-11/h10-11H,2-9,12H2,1H3;4-7H,1-3H3,(H,18,22)(H,20,21);1-5H,6H2,(H,14,15). The Morgan fingerprint density at radius 1 is 0.873 bits per heavy atom. The maximum atomic E-state index is 14.5. The number of ether oxygens (including phenoxy) is 4. The van der Waals surface area contributed by atoms with E-state index in [1.54, 1.807) is 42.1 Å². The first-order valence-corrected chi connectivity index (χ1v) is 23.7. The number of hydrogen-bond donors (Lipinski definition) is 3. The number of aliphatic carboxylic acids is 1. The number of pyridine rings is 1. The summed E-state index contributed by atoms with van der Waals surface area (Å²) >= 11 is 12.0. The zero-order valence-corrected chi connectivity index (χ0v) is 40.8. The average molecular weight is 1040 g/mol. The van der Waals surface area contributed by atoms with E-state index in [2.05, 4.69) is 19.9 Å². The molecule has 0 radical (unpaired) electrons. The second kappa shape index (κ2) is 24.9. The van der Waals surface area contributed by atoms with E-state index >= 15 is 0 Å². The van der Waals surface area contributed by atoms with Gasteiger partial charge in [0.2, 0.25) is 5.95 Å². The molecule has 0 atom stereocenters. The second-order valence-electron chi connectivity index (χ2n) is 15.1. The molecule has 0 saturated heterocycles. The van der Waals surface area contributed by atoms with Crippen LogP contribution >= 0.6 is 23.2 Å². The number of unbranched alkanes of at least 4 members (excludes halogenated alkanes) is 2. The van der Waals surface area contributed by atoms with Crippen LogP contribution in [0.25, 0.3) is 10.9 Å². The summed E-state index contributed by atoms with van der Waals surface area (Å²) in [5.41, 5.74) is 0.775. The zero-order valence-electron chi connectivity index (χ0n) is 38.4. The highest BCUT2D eigenvalue weighted by Crippen LogP contribution is 2.39. The largest absolute Gasteiger partial charge is 0.480 e. The molecule has 7 rings (SSSR count). The van der Waals surface area contributed by atoms with E-state index in [0.29, 0.717) is 46.9 Å². The van der Waals surface area contributed by atoms with Crippen molar-refractivity contribution in [2.24, 2.45) is 0 Å². The van der Waals surface area contributed by atoms with Crippen molar-refractivity contribution in [3.63, 3.8) is 0 Å². The molecular weight excluding hydrogens is 997 g/mol. The number of esters is 1. The Kier molecular flexibility index (Phi) is 19.1. The van der Waals surface area contributed by atoms with Crippen LogP contribution < -0.4 is 28.7 Å². The summed E-state index contributed by atoms with van der Waals surface area (Å²) in [6, 6.07) is 12.7. The Bertz CT molecular complexity index is 2970. The minimum atomic E-state index is -4.44. The number of benzene rings is 3. The highest BCUT2D eigenvalue weighted by Gasteiger charge is 2.41. The van der Waals surface area contributed by atoms with Crippen LogP contribution in [0.15, 0.2) is 82.9 Å². The first-order valence-electron chi connectivity index (χ1n) is 21.4. The van der Waals surface area contributed by atoms with Gasteiger partial charge in [-0.3, -0.25) is 19.5 Å². The minimum Gasteiger partial charge on any atom is -0.480 e. The third-order valence-corrected chi connectivity index (χ3v) is 12.2. The van der Waals surface area contributed by atoms with Gasteiger partial charge in [-0.05, 0) is 81.5 Å². The molecule has 0 unspecified atom stereocenters. The molecule has 376 valence electrons. The number of imide groups is 1. The van der Waals surface area contributed by atoms with Gasteiger partial charge in [-0.1, -0.05) is 55.1 Å². The van der Waals surface area contributed by atoms with Gasteiger partial charge < -0.3 is 29.2 Å². The van der Waals surface area contributed by atoms with Crippen molar-refractivity contribution >= 4 is 91.5 Å². The number of hydrogen-bond acceptors (Lipinski definition) is 16. The van der Waals surface area contributed by atoms with Crippen LogP contribution in [0.2, 0.25) is 10.0 Å². The molecule has 3 heterocycles. The van der Waals surface area contributed by atoms with Crippen molar-refractivity contribution < 1.29 is 70.7 Å². The zero-order chi connectivity index (χ0) is 52.0. The molecule has 1 aliphatic heterocycles. The molecule has 4 amide bonds. The van der Waals surface area contributed by atoms with Gasteiger partial charge in [0, 0.05) is 35.8 Å². The van der Waals surface area contributed by atoms with Gasteiger partial charge in [0.1, 0.15) is 33.6 Å². The summed E-state index contributed by atoms with van der Waals surface area (Å²) in [5.74, 6) is -4.34. The molecule has 1 aliphatic carbocycles. The number of urea groups is 1. The van der Waals surface area contributed by atoms with Crippen LogP contribution in [0, 0.1) is 12.7 Å². The lowest BCUT2D eigenvalue weighted by Crippen LogP contribution is -2.42. The molecule has 5 aromatic rings. The van der Waals surface area contributed by atoms with Crippen molar-refractivity contribution in [2.75, 3.05) is 43.8 Å². The third-order valence-electron chi connectivity index (χ3n) is 10.2. The average Bonchev–Trinajstić information content (AvgIpc) is 3.60. The molecule has 3 aromatic carbocycles. The molecule has 0 fully saturated rings. The lowest BCUT2D eigenvalue weighted by Gasteiger charge is -2.18. The molecule has 0 saturated carbocycles. The molecule has 2 aliphatic rings. The van der Waals surface area contributed by atoms with Crippen molar-refractivity contribution in [2.45, 2.75) is 63.7 Å². The van der Waals surface area contributed by atoms with Crippen LogP contribution in [0.1, 0.15) is 68.1 Å². The number of carbonyl (C=O) groups excluding carboxylic acids is 4. The van der Waals surface area contributed by atoms with Crippen LogP contribution in [0.5, 0.6) is 17.5 Å². The number of amides is 4. The number of aryl methyl sites for hydroxylation is 1. The third kappa shape index (κ3) is 14.1. The Hall–Kier alpha value is -7.50. The fourth-order valence-corrected chi connectivity index (χ4v) is 8.33. The molecule has 2 aromatic heterocycles. The number of carboxylic acids is 2. The van der Waals surface area contributed by atoms with E-state index in [-0.39, 0.29) is 34.2 Å². The molecule has 0 bridgehead atoms. The van der Waals surface area contributed by atoms with Crippen molar-refractivity contribution in [3.8, 4) is 17.5 Å². The summed E-state index contributed by atoms with van der Waals surface area (Å²) in [4.78, 5) is 87.9. The molecular formula is C46H46Cl2FN7O14S. The smallest absolute Gasteiger partial charge is 0.344 e. The van der Waals surface area contributed by atoms with Crippen molar-refractivity contribution in [1.29, 1.82) is 0 Å². The second-order valence-corrected chi connectivity index (χ2v) is 17.6. The van der Waals surface area contributed by atoms with E-state index in [0.717, 1.165) is 65.5 Å². The highest BCUT2D eigenvalue weighted by molar-refractivity contribution is 7.90. The number of sulfonamides is 1. The maximum absolute atomic E-state index is 14.5. The lowest BCUT2D eigenvalue weighted by atomic mass is 9.93. The Balaban J connectivity index is 0.000000206. The van der Waals surface area contributed by atoms with Crippen LogP contribution in [0.3, 0.4) is 0 Å². The summed E-state index contributed by atoms with van der Waals surface area (Å²) in [6.07, 6.45) is 7.00. The number of carbonyl (C=O) groups is 6. The molecule has 0 spiro atoms. The van der Waals surface area contributed by atoms with Crippen molar-refractivity contribution in [3.05, 3.63) is 105 Å². The number of nitrogens with zero attached hydrogens (tertiary/aromatic N) is 6. The van der Waals surface area contributed by atoms with E-state index in [1.165, 1.54) is 32.4 Å². The van der Waals surface area contributed by atoms with Gasteiger partial charge in [-0.25, -0.2) is 41.6 Å². The Morgan fingerprint density at radius 2 is 1.55 bits per heavy atom. The summed E-state index contributed by atoms with van der Waals surface area (Å²) in [7, 11) is -1.87. The first kappa shape index (κ1) is 54.4. The molecule has 25 heteroatoms. The van der Waals surface area contributed by atoms with Crippen molar-refractivity contribution in [1.82, 2.24) is 24.7 Å². The predicted octanol–water partition coefficient (Wildman–Crippen LogP) is 7.11. The number of aromatic carboxylic acids is 1. The van der Waals surface area contributed by atoms with Crippen LogP contribution in [-0.4, -0.2) is 108 Å². The van der Waals surface area contributed by atoms with Crippen LogP contribution in [-0.2, 0) is 33.9 Å². The van der Waals surface area contributed by atoms with Gasteiger partial charge in [-0.2, -0.15) is 15.0 Å². The molecule has 21 nitrogen and oxygen atoms in total. The normalized spacial score (nSPS) is 13.0. The Labute approximate surface area is 415 Å². The van der Waals surface area contributed by atoms with Gasteiger partial charge in [0.25, 0.3) is 21.8 Å². The topological polar surface area (TPSA) is 284 Å². The number of halogens is 3.